The van der Waals surface area contributed by atoms with Crippen molar-refractivity contribution < 1.29 is 0 Å². The van der Waals surface area contributed by atoms with Gasteiger partial charge in [0.15, 0.2) is 0 Å². The van der Waals surface area contributed by atoms with E-state index in [0.29, 0.717) is 5.92 Å². The van der Waals surface area contributed by atoms with Crippen LogP contribution in [0.25, 0.3) is 9.88 Å². The summed E-state index contributed by atoms with van der Waals surface area (Å²) in [6, 6.07) is 2.13. The summed E-state index contributed by atoms with van der Waals surface area (Å²) in [6.07, 6.45) is 1.12. The van der Waals surface area contributed by atoms with Gasteiger partial charge < -0.3 is 5.32 Å². The number of aromatic nitrogens is 1. The Morgan fingerprint density at radius 3 is 2.82 bits per heavy atom. The van der Waals surface area contributed by atoms with Crippen LogP contribution in [-0.4, -0.2) is 18.6 Å². The molecule has 1 N–H and O–H groups in total. The Hall–Kier alpha value is -0.230. The van der Waals surface area contributed by atoms with Crippen LogP contribution in [0.4, 0.5) is 0 Å². The molecule has 92 valence electrons. The molecule has 0 amide bonds. The molecule has 2 heterocycles. The molecule has 17 heavy (non-hydrogen) atoms. The summed E-state index contributed by atoms with van der Waals surface area (Å²) in [7, 11) is 1.99. The van der Waals surface area contributed by atoms with Crippen LogP contribution in [0.1, 0.15) is 25.0 Å². The van der Waals surface area contributed by atoms with Crippen molar-refractivity contribution in [3.63, 3.8) is 0 Å². The number of rotatable bonds is 5. The number of halogens is 1. The smallest absolute Gasteiger partial charge is 0.133 e. The Labute approximate surface area is 118 Å². The third kappa shape index (κ3) is 3.16. The first-order valence-electron chi connectivity index (χ1n) is 5.59. The van der Waals surface area contributed by atoms with E-state index < -0.39 is 0 Å². The Morgan fingerprint density at radius 2 is 2.24 bits per heavy atom. The van der Waals surface area contributed by atoms with E-state index in [0.717, 1.165) is 22.4 Å². The first-order chi connectivity index (χ1) is 8.24. The van der Waals surface area contributed by atoms with Crippen molar-refractivity contribution in [3.05, 3.63) is 27.0 Å². The van der Waals surface area contributed by atoms with E-state index in [1.54, 1.807) is 22.7 Å². The number of hydrogen-bond donors (Lipinski definition) is 1. The maximum absolute atomic E-state index is 4.75. The molecule has 2 aromatic rings. The molecular formula is C12H15BrN2S2. The summed E-state index contributed by atoms with van der Waals surface area (Å²) in [5.41, 5.74) is 1.21. The van der Waals surface area contributed by atoms with Gasteiger partial charge in [-0.05, 0) is 35.5 Å². The molecule has 0 aromatic carbocycles. The number of nitrogens with one attached hydrogen (secondary N) is 1. The zero-order valence-electron chi connectivity index (χ0n) is 9.87. The fourth-order valence-corrected chi connectivity index (χ4v) is 4.13. The molecule has 0 aliphatic heterocycles. The molecule has 1 atom stereocenters. The molecule has 2 nitrogen and oxygen atoms in total. The van der Waals surface area contributed by atoms with E-state index in [1.807, 2.05) is 7.05 Å². The van der Waals surface area contributed by atoms with E-state index in [1.165, 1.54) is 10.6 Å². The maximum atomic E-state index is 4.75. The molecule has 0 saturated heterocycles. The van der Waals surface area contributed by atoms with Crippen molar-refractivity contribution in [3.8, 4) is 9.88 Å². The molecule has 0 fully saturated rings. The number of nitrogens with zero attached hydrogens (tertiary/aromatic N) is 1. The lowest BCUT2D eigenvalue weighted by Crippen LogP contribution is -2.16. The van der Waals surface area contributed by atoms with Crippen LogP contribution in [-0.2, 0) is 0 Å². The first kappa shape index (κ1) is 13.2. The number of thiazole rings is 1. The normalized spacial score (nSPS) is 12.9. The van der Waals surface area contributed by atoms with Crippen LogP contribution in [0, 0.1) is 0 Å². The third-order valence-electron chi connectivity index (χ3n) is 2.66. The summed E-state index contributed by atoms with van der Waals surface area (Å²) in [6.45, 7) is 3.20. The standard InChI is InChI=1S/C12H15BrN2S2/c1-3-8(5-14-2)10-7-17-12(15-10)11-4-9(13)6-16-11/h4,6-8,14H,3,5H2,1-2H3. The maximum Gasteiger partial charge on any atom is 0.133 e. The molecular weight excluding hydrogens is 316 g/mol. The quantitative estimate of drug-likeness (QED) is 0.881. The van der Waals surface area contributed by atoms with Gasteiger partial charge in [-0.25, -0.2) is 4.98 Å². The van der Waals surface area contributed by atoms with E-state index in [2.05, 4.69) is 45.0 Å². The minimum atomic E-state index is 0.522. The lowest BCUT2D eigenvalue weighted by molar-refractivity contribution is 0.600. The minimum absolute atomic E-state index is 0.522. The second-order valence-electron chi connectivity index (χ2n) is 3.87. The van der Waals surface area contributed by atoms with E-state index >= 15 is 0 Å². The number of likely N-dealkylation sites (N-methyl/N-ethyl adjacent to an activating group) is 1. The van der Waals surface area contributed by atoms with E-state index in [4.69, 9.17) is 4.98 Å². The van der Waals surface area contributed by atoms with Crippen LogP contribution < -0.4 is 5.32 Å². The van der Waals surface area contributed by atoms with Crippen molar-refractivity contribution in [2.75, 3.05) is 13.6 Å². The molecule has 0 saturated carbocycles. The Kier molecular flexibility index (Phi) is 4.73. The predicted octanol–water partition coefficient (Wildman–Crippen LogP) is 4.35. The Bertz CT molecular complexity index is 478. The van der Waals surface area contributed by atoms with Crippen LogP contribution >= 0.6 is 38.6 Å². The van der Waals surface area contributed by atoms with Crippen LogP contribution in [0.3, 0.4) is 0 Å². The average molecular weight is 331 g/mol. The van der Waals surface area contributed by atoms with E-state index in [9.17, 15) is 0 Å². The lowest BCUT2D eigenvalue weighted by atomic mass is 10.0. The van der Waals surface area contributed by atoms with Gasteiger partial charge in [-0.3, -0.25) is 0 Å². The zero-order chi connectivity index (χ0) is 12.3. The van der Waals surface area contributed by atoms with Gasteiger partial charge in [0.25, 0.3) is 0 Å². The molecule has 5 heteroatoms. The monoisotopic (exact) mass is 330 g/mol. The van der Waals surface area contributed by atoms with Gasteiger partial charge in [-0.2, -0.15) is 0 Å². The lowest BCUT2D eigenvalue weighted by Gasteiger charge is -2.10. The highest BCUT2D eigenvalue weighted by Crippen LogP contribution is 2.33. The van der Waals surface area contributed by atoms with E-state index in [-0.39, 0.29) is 0 Å². The zero-order valence-corrected chi connectivity index (χ0v) is 13.1. The molecule has 0 radical (unpaired) electrons. The summed E-state index contributed by atoms with van der Waals surface area (Å²) >= 11 is 6.95. The molecule has 0 bridgehead atoms. The van der Waals surface area contributed by atoms with Crippen molar-refractivity contribution >= 4 is 38.6 Å². The topological polar surface area (TPSA) is 24.9 Å². The average Bonchev–Trinajstić information content (AvgIpc) is 2.94. The molecule has 0 aliphatic carbocycles. The highest BCUT2D eigenvalue weighted by molar-refractivity contribution is 9.10. The Balaban J connectivity index is 2.20. The van der Waals surface area contributed by atoms with Crippen LogP contribution in [0.2, 0.25) is 0 Å². The molecule has 0 aliphatic rings. The van der Waals surface area contributed by atoms with Crippen LogP contribution in [0.15, 0.2) is 21.3 Å². The van der Waals surface area contributed by atoms with Gasteiger partial charge >= 0.3 is 0 Å². The summed E-state index contributed by atoms with van der Waals surface area (Å²) < 4.78 is 1.14. The SMILES string of the molecule is CCC(CNC)c1csc(-c2cc(Br)cs2)n1. The van der Waals surface area contributed by atoms with Crippen LogP contribution in [0.5, 0.6) is 0 Å². The second kappa shape index (κ2) is 6.09. The van der Waals surface area contributed by atoms with Gasteiger partial charge in [0.05, 0.1) is 10.6 Å². The summed E-state index contributed by atoms with van der Waals surface area (Å²) in [5, 5.41) is 8.65. The van der Waals surface area contributed by atoms with Gasteiger partial charge in [-0.15, -0.1) is 22.7 Å². The molecule has 2 aromatic heterocycles. The third-order valence-corrected chi connectivity index (χ3v) is 5.38. The number of thiophene rings is 1. The minimum Gasteiger partial charge on any atom is -0.319 e. The van der Waals surface area contributed by atoms with Crippen molar-refractivity contribution in [1.29, 1.82) is 0 Å². The van der Waals surface area contributed by atoms with Crippen molar-refractivity contribution in [2.45, 2.75) is 19.3 Å². The Morgan fingerprint density at radius 1 is 1.41 bits per heavy atom. The van der Waals surface area contributed by atoms with Gasteiger partial charge in [0, 0.05) is 27.7 Å². The molecule has 0 spiro atoms. The van der Waals surface area contributed by atoms with Gasteiger partial charge in [0.2, 0.25) is 0 Å². The van der Waals surface area contributed by atoms with Crippen molar-refractivity contribution in [1.82, 2.24) is 10.3 Å². The molecule has 1 unspecified atom stereocenters. The highest BCUT2D eigenvalue weighted by Gasteiger charge is 2.14. The largest absolute Gasteiger partial charge is 0.319 e. The highest BCUT2D eigenvalue weighted by atomic mass is 79.9. The van der Waals surface area contributed by atoms with Crippen molar-refractivity contribution in [2.24, 2.45) is 0 Å². The number of hydrogen-bond acceptors (Lipinski definition) is 4. The van der Waals surface area contributed by atoms with Gasteiger partial charge in [-0.1, -0.05) is 6.92 Å². The second-order valence-corrected chi connectivity index (χ2v) is 6.55. The predicted molar refractivity (Wildman–Crippen MR) is 80.1 cm³/mol. The summed E-state index contributed by atoms with van der Waals surface area (Å²) in [4.78, 5) is 5.99. The molecule has 2 rings (SSSR count). The summed E-state index contributed by atoms with van der Waals surface area (Å²) in [5.74, 6) is 0.522. The fraction of sp³-hybridized carbons (Fsp3) is 0.417. The first-order valence-corrected chi connectivity index (χ1v) is 8.14. The van der Waals surface area contributed by atoms with Gasteiger partial charge in [0.1, 0.15) is 5.01 Å². The fourth-order valence-electron chi connectivity index (χ4n) is 1.72.